The Morgan fingerprint density at radius 2 is 2.20 bits per heavy atom. The van der Waals surface area contributed by atoms with Crippen LogP contribution < -0.4 is 5.32 Å². The van der Waals surface area contributed by atoms with E-state index in [1.165, 1.54) is 0 Å². The predicted molar refractivity (Wildman–Crippen MR) is 62.0 cm³/mol. The minimum atomic E-state index is 0.607. The minimum absolute atomic E-state index is 0.607. The molecule has 2 heterocycles. The van der Waals surface area contributed by atoms with Gasteiger partial charge in [0.05, 0.1) is 5.39 Å². The number of nitrogens with zero attached hydrogens (tertiary/aromatic N) is 2. The molecule has 0 spiro atoms. The SMILES string of the molecule is Cc1cc2c(NCC(C)C)ncnc2[nH]1. The van der Waals surface area contributed by atoms with Gasteiger partial charge in [-0.05, 0) is 18.9 Å². The molecule has 0 aromatic carbocycles. The van der Waals surface area contributed by atoms with Crippen molar-refractivity contribution in [3.63, 3.8) is 0 Å². The zero-order valence-electron chi connectivity index (χ0n) is 9.33. The maximum Gasteiger partial charge on any atom is 0.143 e. The third-order valence-electron chi connectivity index (χ3n) is 2.24. The number of nitrogens with one attached hydrogen (secondary N) is 2. The molecule has 0 saturated heterocycles. The van der Waals surface area contributed by atoms with Gasteiger partial charge < -0.3 is 10.3 Å². The van der Waals surface area contributed by atoms with Gasteiger partial charge in [-0.15, -0.1) is 0 Å². The summed E-state index contributed by atoms with van der Waals surface area (Å²) in [5, 5.41) is 4.39. The first-order valence-electron chi connectivity index (χ1n) is 5.21. The van der Waals surface area contributed by atoms with Gasteiger partial charge in [-0.2, -0.15) is 0 Å². The third kappa shape index (κ3) is 2.09. The first-order valence-corrected chi connectivity index (χ1v) is 5.21. The number of H-pyrrole nitrogens is 1. The molecule has 0 aliphatic rings. The van der Waals surface area contributed by atoms with E-state index in [1.54, 1.807) is 6.33 Å². The number of aromatic amines is 1. The summed E-state index contributed by atoms with van der Waals surface area (Å²) < 4.78 is 0. The zero-order valence-corrected chi connectivity index (χ0v) is 9.33. The summed E-state index contributed by atoms with van der Waals surface area (Å²) >= 11 is 0. The van der Waals surface area contributed by atoms with Crippen LogP contribution in [0.4, 0.5) is 5.82 Å². The summed E-state index contributed by atoms with van der Waals surface area (Å²) in [4.78, 5) is 11.6. The predicted octanol–water partition coefficient (Wildman–Crippen LogP) is 2.33. The van der Waals surface area contributed by atoms with E-state index in [0.717, 1.165) is 29.1 Å². The lowest BCUT2D eigenvalue weighted by molar-refractivity contribution is 0.687. The molecule has 80 valence electrons. The molecule has 0 radical (unpaired) electrons. The Bertz CT molecular complexity index is 459. The molecule has 2 aromatic heterocycles. The van der Waals surface area contributed by atoms with E-state index in [9.17, 15) is 0 Å². The number of hydrogen-bond acceptors (Lipinski definition) is 3. The molecule has 2 rings (SSSR count). The standard InChI is InChI=1S/C11H16N4/c1-7(2)5-12-10-9-4-8(3)15-11(9)14-6-13-10/h4,6-7H,5H2,1-3H3,(H2,12,13,14,15). The van der Waals surface area contributed by atoms with Gasteiger partial charge in [-0.3, -0.25) is 0 Å². The highest BCUT2D eigenvalue weighted by Crippen LogP contribution is 2.19. The van der Waals surface area contributed by atoms with Crippen molar-refractivity contribution >= 4 is 16.9 Å². The Kier molecular flexibility index (Phi) is 2.58. The van der Waals surface area contributed by atoms with Crippen molar-refractivity contribution in [3.8, 4) is 0 Å². The van der Waals surface area contributed by atoms with Crippen molar-refractivity contribution in [1.29, 1.82) is 0 Å². The summed E-state index contributed by atoms with van der Waals surface area (Å²) in [6.45, 7) is 7.30. The van der Waals surface area contributed by atoms with Crippen molar-refractivity contribution in [2.45, 2.75) is 20.8 Å². The van der Waals surface area contributed by atoms with Crippen molar-refractivity contribution in [2.24, 2.45) is 5.92 Å². The van der Waals surface area contributed by atoms with Crippen LogP contribution in [-0.4, -0.2) is 21.5 Å². The van der Waals surface area contributed by atoms with Crippen molar-refractivity contribution < 1.29 is 0 Å². The van der Waals surface area contributed by atoms with Gasteiger partial charge in [0.2, 0.25) is 0 Å². The molecule has 0 amide bonds. The van der Waals surface area contributed by atoms with Crippen LogP contribution in [0.15, 0.2) is 12.4 Å². The van der Waals surface area contributed by atoms with Crippen LogP contribution in [-0.2, 0) is 0 Å². The molecule has 0 saturated carbocycles. The van der Waals surface area contributed by atoms with Gasteiger partial charge in [-0.25, -0.2) is 9.97 Å². The topological polar surface area (TPSA) is 53.6 Å². The summed E-state index contributed by atoms with van der Waals surface area (Å²) in [5.74, 6) is 1.52. The maximum atomic E-state index is 4.25. The Morgan fingerprint density at radius 1 is 1.40 bits per heavy atom. The highest BCUT2D eigenvalue weighted by Gasteiger charge is 2.05. The van der Waals surface area contributed by atoms with E-state index in [1.807, 2.05) is 6.92 Å². The lowest BCUT2D eigenvalue weighted by Crippen LogP contribution is -2.09. The molecule has 0 bridgehead atoms. The average Bonchev–Trinajstić information content (AvgIpc) is 2.55. The molecule has 0 aliphatic heterocycles. The number of hydrogen-bond donors (Lipinski definition) is 2. The first-order chi connectivity index (χ1) is 7.16. The second kappa shape index (κ2) is 3.88. The van der Waals surface area contributed by atoms with Crippen molar-refractivity contribution in [3.05, 3.63) is 18.1 Å². The van der Waals surface area contributed by atoms with E-state index >= 15 is 0 Å². The van der Waals surface area contributed by atoms with E-state index < -0.39 is 0 Å². The number of anilines is 1. The number of aryl methyl sites for hydroxylation is 1. The molecule has 2 aromatic rings. The van der Waals surface area contributed by atoms with Crippen LogP contribution in [0.25, 0.3) is 11.0 Å². The molecule has 4 nitrogen and oxygen atoms in total. The molecule has 2 N–H and O–H groups in total. The normalized spacial score (nSPS) is 11.2. The number of fused-ring (bicyclic) bond motifs is 1. The Labute approximate surface area is 89.1 Å². The summed E-state index contributed by atoms with van der Waals surface area (Å²) in [6.07, 6.45) is 1.58. The van der Waals surface area contributed by atoms with Crippen molar-refractivity contribution in [2.75, 3.05) is 11.9 Å². The molecular formula is C11H16N4. The van der Waals surface area contributed by atoms with Gasteiger partial charge in [0.25, 0.3) is 0 Å². The molecule has 0 fully saturated rings. The molecule has 0 atom stereocenters. The smallest absolute Gasteiger partial charge is 0.143 e. The number of aromatic nitrogens is 3. The summed E-state index contributed by atoms with van der Waals surface area (Å²) in [6, 6.07) is 2.07. The van der Waals surface area contributed by atoms with Crippen LogP contribution in [0.2, 0.25) is 0 Å². The van der Waals surface area contributed by atoms with Gasteiger partial charge >= 0.3 is 0 Å². The average molecular weight is 204 g/mol. The third-order valence-corrected chi connectivity index (χ3v) is 2.24. The van der Waals surface area contributed by atoms with E-state index in [2.05, 4.69) is 40.2 Å². The Hall–Kier alpha value is -1.58. The molecule has 15 heavy (non-hydrogen) atoms. The van der Waals surface area contributed by atoms with Crippen LogP contribution in [0.1, 0.15) is 19.5 Å². The quantitative estimate of drug-likeness (QED) is 0.806. The van der Waals surface area contributed by atoms with Gasteiger partial charge in [0, 0.05) is 12.2 Å². The Balaban J connectivity index is 2.33. The van der Waals surface area contributed by atoms with Gasteiger partial charge in [-0.1, -0.05) is 13.8 Å². The number of rotatable bonds is 3. The summed E-state index contributed by atoms with van der Waals surface area (Å²) in [5.41, 5.74) is 2.01. The summed E-state index contributed by atoms with van der Waals surface area (Å²) in [7, 11) is 0. The van der Waals surface area contributed by atoms with E-state index in [0.29, 0.717) is 5.92 Å². The van der Waals surface area contributed by atoms with Gasteiger partial charge in [0.1, 0.15) is 17.8 Å². The highest BCUT2D eigenvalue weighted by molar-refractivity contribution is 5.87. The highest BCUT2D eigenvalue weighted by atomic mass is 15.0. The molecular weight excluding hydrogens is 188 g/mol. The zero-order chi connectivity index (χ0) is 10.8. The Morgan fingerprint density at radius 3 is 2.93 bits per heavy atom. The second-order valence-electron chi connectivity index (χ2n) is 4.21. The lowest BCUT2D eigenvalue weighted by Gasteiger charge is -2.08. The fourth-order valence-electron chi connectivity index (χ4n) is 1.51. The molecule has 0 unspecified atom stereocenters. The van der Waals surface area contributed by atoms with Crippen LogP contribution in [0, 0.1) is 12.8 Å². The monoisotopic (exact) mass is 204 g/mol. The van der Waals surface area contributed by atoms with E-state index in [-0.39, 0.29) is 0 Å². The van der Waals surface area contributed by atoms with Crippen LogP contribution in [0.3, 0.4) is 0 Å². The van der Waals surface area contributed by atoms with Crippen LogP contribution in [0.5, 0.6) is 0 Å². The largest absolute Gasteiger partial charge is 0.369 e. The molecule has 4 heteroatoms. The van der Waals surface area contributed by atoms with Crippen LogP contribution >= 0.6 is 0 Å². The van der Waals surface area contributed by atoms with Crippen molar-refractivity contribution in [1.82, 2.24) is 15.0 Å². The fourth-order valence-corrected chi connectivity index (χ4v) is 1.51. The first kappa shape index (κ1) is 9.96. The fraction of sp³-hybridized carbons (Fsp3) is 0.455. The second-order valence-corrected chi connectivity index (χ2v) is 4.21. The van der Waals surface area contributed by atoms with Gasteiger partial charge in [0.15, 0.2) is 0 Å². The minimum Gasteiger partial charge on any atom is -0.369 e. The lowest BCUT2D eigenvalue weighted by atomic mass is 10.2. The van der Waals surface area contributed by atoms with E-state index in [4.69, 9.17) is 0 Å². The maximum absolute atomic E-state index is 4.25. The molecule has 0 aliphatic carbocycles.